The van der Waals surface area contributed by atoms with Crippen molar-refractivity contribution in [3.8, 4) is 39.1 Å². The third-order valence-electron chi connectivity index (χ3n) is 14.1. The first-order valence-corrected chi connectivity index (χ1v) is 23.6. The van der Waals surface area contributed by atoms with Gasteiger partial charge in [0.05, 0.1) is 11.0 Å². The average molecular weight is 879 g/mol. The summed E-state index contributed by atoms with van der Waals surface area (Å²) in [6.07, 6.45) is 0. The fourth-order valence-corrected chi connectivity index (χ4v) is 10.8. The maximum absolute atomic E-state index is 6.59. The molecule has 0 unspecified atom stereocenters. The minimum Gasteiger partial charge on any atom is -0.455 e. The zero-order chi connectivity index (χ0) is 45.4. The highest BCUT2D eigenvalue weighted by molar-refractivity contribution is 6.16. The van der Waals surface area contributed by atoms with Crippen molar-refractivity contribution >= 4 is 93.1 Å². The number of anilines is 3. The molecule has 14 rings (SSSR count). The van der Waals surface area contributed by atoms with Crippen LogP contribution in [0.1, 0.15) is 0 Å². The number of furan rings is 1. The van der Waals surface area contributed by atoms with Crippen molar-refractivity contribution < 1.29 is 4.42 Å². The van der Waals surface area contributed by atoms with E-state index in [-0.39, 0.29) is 0 Å². The van der Waals surface area contributed by atoms with Crippen LogP contribution in [-0.4, -0.2) is 4.57 Å². The van der Waals surface area contributed by atoms with Crippen molar-refractivity contribution in [2.24, 2.45) is 0 Å². The molecule has 0 fully saturated rings. The molecule has 0 aliphatic rings. The molecule has 2 heterocycles. The van der Waals surface area contributed by atoms with E-state index in [1.807, 2.05) is 0 Å². The first-order valence-electron chi connectivity index (χ1n) is 23.6. The number of hydrogen-bond donors (Lipinski definition) is 0. The Hall–Kier alpha value is -9.18. The molecular formula is C66H42N2O. The van der Waals surface area contributed by atoms with Crippen molar-refractivity contribution in [1.82, 2.24) is 4.57 Å². The zero-order valence-corrected chi connectivity index (χ0v) is 37.6. The third kappa shape index (κ3) is 6.51. The highest BCUT2D eigenvalue weighted by atomic mass is 16.3. The van der Waals surface area contributed by atoms with Gasteiger partial charge in [0.25, 0.3) is 0 Å². The van der Waals surface area contributed by atoms with Crippen LogP contribution < -0.4 is 4.90 Å². The van der Waals surface area contributed by atoms with Crippen molar-refractivity contribution in [3.05, 3.63) is 255 Å². The summed E-state index contributed by atoms with van der Waals surface area (Å²) in [5.74, 6) is 0. The highest BCUT2D eigenvalue weighted by Gasteiger charge is 2.18. The number of nitrogens with zero attached hydrogens (tertiary/aromatic N) is 2. The van der Waals surface area contributed by atoms with E-state index in [2.05, 4.69) is 264 Å². The van der Waals surface area contributed by atoms with Gasteiger partial charge in [-0.05, 0) is 145 Å². The maximum Gasteiger partial charge on any atom is 0.143 e. The normalized spacial score (nSPS) is 11.8. The highest BCUT2D eigenvalue weighted by Crippen LogP contribution is 2.42. The lowest BCUT2D eigenvalue weighted by Gasteiger charge is -2.26. The fraction of sp³-hybridized carbons (Fsp3) is 0. The van der Waals surface area contributed by atoms with Crippen LogP contribution in [-0.2, 0) is 0 Å². The van der Waals surface area contributed by atoms with Crippen molar-refractivity contribution in [2.45, 2.75) is 0 Å². The molecule has 3 heteroatoms. The molecule has 2 aromatic heterocycles. The van der Waals surface area contributed by atoms with Crippen molar-refractivity contribution in [1.29, 1.82) is 0 Å². The molecule has 0 bridgehead atoms. The van der Waals surface area contributed by atoms with E-state index in [0.29, 0.717) is 0 Å². The molecule has 0 aliphatic heterocycles. The molecule has 14 aromatic rings. The lowest BCUT2D eigenvalue weighted by Crippen LogP contribution is -2.09. The molecule has 3 nitrogen and oxygen atoms in total. The summed E-state index contributed by atoms with van der Waals surface area (Å²) < 4.78 is 8.97. The summed E-state index contributed by atoms with van der Waals surface area (Å²) in [7, 11) is 0. The second-order valence-electron chi connectivity index (χ2n) is 18.1. The summed E-state index contributed by atoms with van der Waals surface area (Å²) >= 11 is 0. The summed E-state index contributed by atoms with van der Waals surface area (Å²) in [5.41, 5.74) is 15.6. The van der Waals surface area contributed by atoms with Gasteiger partial charge in [-0.15, -0.1) is 0 Å². The molecule has 0 spiro atoms. The predicted octanol–water partition coefficient (Wildman–Crippen LogP) is 18.6. The van der Waals surface area contributed by atoms with Gasteiger partial charge < -0.3 is 13.9 Å². The Labute approximate surface area is 399 Å². The number of hydrogen-bond acceptors (Lipinski definition) is 2. The molecule has 0 saturated carbocycles. The molecule has 69 heavy (non-hydrogen) atoms. The lowest BCUT2D eigenvalue weighted by atomic mass is 9.95. The number of fused-ring (bicyclic) bond motifs is 11. The molecule has 0 radical (unpaired) electrons. The van der Waals surface area contributed by atoms with Crippen LogP contribution in [0.4, 0.5) is 17.1 Å². The molecule has 0 N–H and O–H groups in total. The predicted molar refractivity (Wildman–Crippen MR) is 292 cm³/mol. The Balaban J connectivity index is 0.850. The van der Waals surface area contributed by atoms with Crippen LogP contribution in [0.3, 0.4) is 0 Å². The van der Waals surface area contributed by atoms with Gasteiger partial charge >= 0.3 is 0 Å². The third-order valence-corrected chi connectivity index (χ3v) is 14.1. The van der Waals surface area contributed by atoms with E-state index >= 15 is 0 Å². The largest absolute Gasteiger partial charge is 0.455 e. The van der Waals surface area contributed by atoms with E-state index in [4.69, 9.17) is 4.42 Å². The summed E-state index contributed by atoms with van der Waals surface area (Å²) in [6, 6.07) is 92.5. The van der Waals surface area contributed by atoms with Gasteiger partial charge in [-0.2, -0.15) is 0 Å². The van der Waals surface area contributed by atoms with Gasteiger partial charge in [0.15, 0.2) is 0 Å². The molecule has 0 atom stereocenters. The number of rotatable bonds is 7. The van der Waals surface area contributed by atoms with E-state index in [1.165, 1.54) is 65.4 Å². The smallest absolute Gasteiger partial charge is 0.143 e. The first kappa shape index (κ1) is 39.0. The Morgan fingerprint density at radius 1 is 0.275 bits per heavy atom. The number of para-hydroxylation sites is 2. The van der Waals surface area contributed by atoms with Gasteiger partial charge in [-0.25, -0.2) is 0 Å². The SMILES string of the molecule is c1cc(-c2ccc(N(c3ccc(-c4cccc(-n5c6ccccc6c6ccccc65)c4)cc3)c3ccc4oc5c6ccccc6ccc5c4c3)cc2)cc(-c2ccc3ccc4ccccc4c3c2)c1. The van der Waals surface area contributed by atoms with Gasteiger partial charge in [-0.3, -0.25) is 0 Å². The molecule has 0 amide bonds. The second kappa shape index (κ2) is 15.7. The Morgan fingerprint density at radius 3 is 1.46 bits per heavy atom. The molecule has 322 valence electrons. The van der Waals surface area contributed by atoms with Crippen LogP contribution in [0.2, 0.25) is 0 Å². The Morgan fingerprint density at radius 2 is 0.768 bits per heavy atom. The topological polar surface area (TPSA) is 21.3 Å². The number of aromatic nitrogens is 1. The lowest BCUT2D eigenvalue weighted by molar-refractivity contribution is 0.672. The van der Waals surface area contributed by atoms with Crippen LogP contribution in [0, 0.1) is 0 Å². The summed E-state index contributed by atoms with van der Waals surface area (Å²) in [4.78, 5) is 2.36. The first-order chi connectivity index (χ1) is 34.2. The van der Waals surface area contributed by atoms with E-state index < -0.39 is 0 Å². The van der Waals surface area contributed by atoms with Gasteiger partial charge in [0.1, 0.15) is 11.2 Å². The van der Waals surface area contributed by atoms with E-state index in [1.54, 1.807) is 0 Å². The molecular weight excluding hydrogens is 837 g/mol. The summed E-state index contributed by atoms with van der Waals surface area (Å²) in [6.45, 7) is 0. The zero-order valence-electron chi connectivity index (χ0n) is 37.6. The van der Waals surface area contributed by atoms with Crippen LogP contribution in [0.25, 0.3) is 115 Å². The fourth-order valence-electron chi connectivity index (χ4n) is 10.8. The monoisotopic (exact) mass is 878 g/mol. The van der Waals surface area contributed by atoms with Crippen LogP contribution in [0.15, 0.2) is 259 Å². The van der Waals surface area contributed by atoms with Crippen LogP contribution in [0.5, 0.6) is 0 Å². The van der Waals surface area contributed by atoms with Crippen LogP contribution >= 0.6 is 0 Å². The minimum absolute atomic E-state index is 0.873. The standard InChI is InChI=1S/C66H42N2O/c1-3-17-56-45(11-1)23-24-47-25-26-51(41-61(47)56)49-14-9-13-48(39-49)43-27-32-52(33-28-43)67(55-36-38-65-62(42-55)60-37-31-46-12-2-4-18-57(46)66(60)69-65)53-34-29-44(30-35-53)50-15-10-16-54(40-50)68-63-21-7-5-19-58(63)59-20-6-8-22-64(59)68/h1-42H. The van der Waals surface area contributed by atoms with Crippen molar-refractivity contribution in [2.75, 3.05) is 4.90 Å². The second-order valence-corrected chi connectivity index (χ2v) is 18.1. The maximum atomic E-state index is 6.59. The Bertz CT molecular complexity index is 4260. The molecule has 12 aromatic carbocycles. The Kier molecular flexibility index (Phi) is 8.90. The summed E-state index contributed by atoms with van der Waals surface area (Å²) in [5, 5.41) is 12.1. The van der Waals surface area contributed by atoms with E-state index in [9.17, 15) is 0 Å². The minimum atomic E-state index is 0.873. The molecule has 0 saturated heterocycles. The quantitative estimate of drug-likeness (QED) is 0.149. The van der Waals surface area contributed by atoms with Gasteiger partial charge in [0.2, 0.25) is 0 Å². The van der Waals surface area contributed by atoms with Crippen molar-refractivity contribution in [3.63, 3.8) is 0 Å². The van der Waals surface area contributed by atoms with Gasteiger partial charge in [-0.1, -0.05) is 170 Å². The molecule has 0 aliphatic carbocycles. The van der Waals surface area contributed by atoms with E-state index in [0.717, 1.165) is 66.8 Å². The number of benzene rings is 12. The van der Waals surface area contributed by atoms with Gasteiger partial charge in [0, 0.05) is 49.7 Å². The average Bonchev–Trinajstić information content (AvgIpc) is 3.97.